The standard InChI is InChI=1S/C22H19N3O2/c26-21(15-27-14-16-7-2-1-3-8-16)23-18-10-6-9-17(13-18)22-24-19-11-4-5-12-20(19)25-22/h1-13H,14-15H2,(H,23,26)(H,24,25). The summed E-state index contributed by atoms with van der Waals surface area (Å²) in [7, 11) is 0. The van der Waals surface area contributed by atoms with Gasteiger partial charge in [0.15, 0.2) is 0 Å². The summed E-state index contributed by atoms with van der Waals surface area (Å²) in [4.78, 5) is 20.0. The Kier molecular flexibility index (Phi) is 4.94. The van der Waals surface area contributed by atoms with E-state index >= 15 is 0 Å². The van der Waals surface area contributed by atoms with E-state index in [4.69, 9.17) is 4.74 Å². The lowest BCUT2D eigenvalue weighted by molar-refractivity contribution is -0.121. The highest BCUT2D eigenvalue weighted by Gasteiger charge is 2.07. The molecule has 0 saturated heterocycles. The molecule has 1 amide bonds. The van der Waals surface area contributed by atoms with Gasteiger partial charge in [0, 0.05) is 11.3 Å². The van der Waals surface area contributed by atoms with Crippen molar-refractivity contribution in [3.05, 3.63) is 84.4 Å². The maximum absolute atomic E-state index is 12.1. The molecule has 3 aromatic carbocycles. The van der Waals surface area contributed by atoms with Crippen molar-refractivity contribution in [1.82, 2.24) is 9.97 Å². The average Bonchev–Trinajstić information content (AvgIpc) is 3.13. The molecular weight excluding hydrogens is 338 g/mol. The lowest BCUT2D eigenvalue weighted by atomic mass is 10.2. The van der Waals surface area contributed by atoms with Gasteiger partial charge in [-0.15, -0.1) is 0 Å². The van der Waals surface area contributed by atoms with Crippen LogP contribution >= 0.6 is 0 Å². The summed E-state index contributed by atoms with van der Waals surface area (Å²) in [6.45, 7) is 0.414. The number of hydrogen-bond acceptors (Lipinski definition) is 3. The second kappa shape index (κ2) is 7.85. The minimum absolute atomic E-state index is 0.00373. The lowest BCUT2D eigenvalue weighted by Crippen LogP contribution is -2.18. The number of benzene rings is 3. The smallest absolute Gasteiger partial charge is 0.250 e. The van der Waals surface area contributed by atoms with Crippen molar-refractivity contribution in [2.45, 2.75) is 6.61 Å². The zero-order valence-corrected chi connectivity index (χ0v) is 14.7. The molecule has 0 aliphatic carbocycles. The quantitative estimate of drug-likeness (QED) is 0.538. The number of aromatic nitrogens is 2. The van der Waals surface area contributed by atoms with E-state index in [2.05, 4.69) is 15.3 Å². The van der Waals surface area contributed by atoms with Crippen LogP contribution in [0.15, 0.2) is 78.9 Å². The number of carbonyl (C=O) groups excluding carboxylic acids is 1. The fourth-order valence-electron chi connectivity index (χ4n) is 2.87. The van der Waals surface area contributed by atoms with Crippen molar-refractivity contribution in [1.29, 1.82) is 0 Å². The Morgan fingerprint density at radius 1 is 0.963 bits per heavy atom. The predicted octanol–water partition coefficient (Wildman–Crippen LogP) is 4.39. The van der Waals surface area contributed by atoms with Crippen LogP contribution in [0, 0.1) is 0 Å². The zero-order chi connectivity index (χ0) is 18.5. The van der Waals surface area contributed by atoms with E-state index in [1.807, 2.05) is 78.9 Å². The van der Waals surface area contributed by atoms with Crippen LogP contribution < -0.4 is 5.32 Å². The molecule has 0 radical (unpaired) electrons. The number of H-pyrrole nitrogens is 1. The third kappa shape index (κ3) is 4.22. The molecule has 0 aliphatic rings. The van der Waals surface area contributed by atoms with Crippen molar-refractivity contribution in [2.75, 3.05) is 11.9 Å². The van der Waals surface area contributed by atoms with Crippen LogP contribution in [-0.4, -0.2) is 22.5 Å². The summed E-state index contributed by atoms with van der Waals surface area (Å²) in [5.41, 5.74) is 4.56. The highest BCUT2D eigenvalue weighted by atomic mass is 16.5. The van der Waals surface area contributed by atoms with Crippen LogP contribution in [0.5, 0.6) is 0 Å². The molecule has 0 unspecified atom stereocenters. The van der Waals surface area contributed by atoms with Gasteiger partial charge in [-0.25, -0.2) is 4.98 Å². The highest BCUT2D eigenvalue weighted by Crippen LogP contribution is 2.23. The van der Waals surface area contributed by atoms with Gasteiger partial charge >= 0.3 is 0 Å². The molecule has 1 aromatic heterocycles. The van der Waals surface area contributed by atoms with Crippen molar-refractivity contribution >= 4 is 22.6 Å². The van der Waals surface area contributed by atoms with Gasteiger partial charge in [-0.05, 0) is 29.8 Å². The van der Waals surface area contributed by atoms with E-state index in [0.29, 0.717) is 12.3 Å². The summed E-state index contributed by atoms with van der Waals surface area (Å²) in [5, 5.41) is 2.87. The molecular formula is C22H19N3O2. The Morgan fingerprint density at radius 3 is 2.63 bits per heavy atom. The second-order valence-corrected chi connectivity index (χ2v) is 6.21. The first-order valence-corrected chi connectivity index (χ1v) is 8.75. The third-order valence-electron chi connectivity index (χ3n) is 4.15. The van der Waals surface area contributed by atoms with Crippen molar-refractivity contribution in [3.8, 4) is 11.4 Å². The van der Waals surface area contributed by atoms with Crippen LogP contribution in [0.25, 0.3) is 22.4 Å². The molecule has 1 heterocycles. The molecule has 0 fully saturated rings. The van der Waals surface area contributed by atoms with Gasteiger partial charge in [0.2, 0.25) is 5.91 Å². The van der Waals surface area contributed by atoms with Gasteiger partial charge in [0.25, 0.3) is 0 Å². The molecule has 0 atom stereocenters. The number of amides is 1. The van der Waals surface area contributed by atoms with Gasteiger partial charge in [0.1, 0.15) is 12.4 Å². The maximum Gasteiger partial charge on any atom is 0.250 e. The van der Waals surface area contributed by atoms with Crippen LogP contribution in [0.3, 0.4) is 0 Å². The fourth-order valence-corrected chi connectivity index (χ4v) is 2.87. The lowest BCUT2D eigenvalue weighted by Gasteiger charge is -2.07. The number of carbonyl (C=O) groups is 1. The average molecular weight is 357 g/mol. The second-order valence-electron chi connectivity index (χ2n) is 6.21. The number of hydrogen-bond donors (Lipinski definition) is 2. The summed E-state index contributed by atoms with van der Waals surface area (Å²) in [6.07, 6.45) is 0. The van der Waals surface area contributed by atoms with Crippen LogP contribution in [0.4, 0.5) is 5.69 Å². The molecule has 5 heteroatoms. The number of imidazole rings is 1. The van der Waals surface area contributed by atoms with E-state index in [1.165, 1.54) is 0 Å². The van der Waals surface area contributed by atoms with Gasteiger partial charge in [-0.2, -0.15) is 0 Å². The molecule has 2 N–H and O–H groups in total. The van der Waals surface area contributed by atoms with E-state index in [-0.39, 0.29) is 12.5 Å². The predicted molar refractivity (Wildman–Crippen MR) is 106 cm³/mol. The maximum atomic E-state index is 12.1. The SMILES string of the molecule is O=C(COCc1ccccc1)Nc1cccc(-c2nc3ccccc3[nH]2)c1. The van der Waals surface area contributed by atoms with Gasteiger partial charge in [-0.3, -0.25) is 4.79 Å². The van der Waals surface area contributed by atoms with Crippen LogP contribution in [0.2, 0.25) is 0 Å². The molecule has 4 aromatic rings. The number of rotatable bonds is 6. The Bertz CT molecular complexity index is 1020. The van der Waals surface area contributed by atoms with Crippen LogP contribution in [0.1, 0.15) is 5.56 Å². The summed E-state index contributed by atoms with van der Waals surface area (Å²) >= 11 is 0. The topological polar surface area (TPSA) is 67.0 Å². The number of para-hydroxylation sites is 2. The van der Waals surface area contributed by atoms with E-state index in [1.54, 1.807) is 0 Å². The van der Waals surface area contributed by atoms with Crippen molar-refractivity contribution in [2.24, 2.45) is 0 Å². The first-order chi connectivity index (χ1) is 13.3. The minimum Gasteiger partial charge on any atom is -0.367 e. The van der Waals surface area contributed by atoms with Gasteiger partial charge in [-0.1, -0.05) is 54.6 Å². The Labute approximate surface area is 157 Å². The zero-order valence-electron chi connectivity index (χ0n) is 14.7. The van der Waals surface area contributed by atoms with E-state index < -0.39 is 0 Å². The van der Waals surface area contributed by atoms with Crippen molar-refractivity contribution in [3.63, 3.8) is 0 Å². The summed E-state index contributed by atoms with van der Waals surface area (Å²) in [6, 6.07) is 25.2. The fraction of sp³-hybridized carbons (Fsp3) is 0.0909. The number of ether oxygens (including phenoxy) is 1. The number of fused-ring (bicyclic) bond motifs is 1. The van der Waals surface area contributed by atoms with Crippen LogP contribution in [-0.2, 0) is 16.1 Å². The normalized spacial score (nSPS) is 10.8. The van der Waals surface area contributed by atoms with Gasteiger partial charge in [0.05, 0.1) is 17.6 Å². The number of nitrogens with one attached hydrogen (secondary N) is 2. The number of anilines is 1. The number of aromatic amines is 1. The molecule has 0 bridgehead atoms. The molecule has 0 saturated carbocycles. The Hall–Kier alpha value is -3.44. The first kappa shape index (κ1) is 17.0. The third-order valence-corrected chi connectivity index (χ3v) is 4.15. The molecule has 4 rings (SSSR count). The molecule has 0 spiro atoms. The monoisotopic (exact) mass is 357 g/mol. The Morgan fingerprint density at radius 2 is 1.78 bits per heavy atom. The van der Waals surface area contributed by atoms with E-state index in [9.17, 15) is 4.79 Å². The van der Waals surface area contributed by atoms with E-state index in [0.717, 1.165) is 28.0 Å². The molecule has 27 heavy (non-hydrogen) atoms. The molecule has 0 aliphatic heterocycles. The number of nitrogens with zero attached hydrogens (tertiary/aromatic N) is 1. The van der Waals surface area contributed by atoms with Crippen molar-refractivity contribution < 1.29 is 9.53 Å². The summed E-state index contributed by atoms with van der Waals surface area (Å²) < 4.78 is 5.48. The highest BCUT2D eigenvalue weighted by molar-refractivity contribution is 5.92. The minimum atomic E-state index is -0.187. The summed E-state index contributed by atoms with van der Waals surface area (Å²) in [5.74, 6) is 0.584. The molecule has 134 valence electrons. The Balaban J connectivity index is 1.39. The van der Waals surface area contributed by atoms with Gasteiger partial charge < -0.3 is 15.0 Å². The first-order valence-electron chi connectivity index (χ1n) is 8.75. The molecule has 5 nitrogen and oxygen atoms in total. The largest absolute Gasteiger partial charge is 0.367 e.